The molecule has 0 aliphatic rings. The van der Waals surface area contributed by atoms with E-state index in [1.807, 2.05) is 6.08 Å². The Morgan fingerprint density at radius 1 is 1.80 bits per heavy atom. The van der Waals surface area contributed by atoms with Crippen molar-refractivity contribution in [3.8, 4) is 0 Å². The summed E-state index contributed by atoms with van der Waals surface area (Å²) in [5.41, 5.74) is 0. The zero-order valence-corrected chi connectivity index (χ0v) is 4.20. The van der Waals surface area contributed by atoms with E-state index in [1.165, 1.54) is 0 Å². The zero-order valence-electron chi connectivity index (χ0n) is 3.31. The Labute approximate surface area is 38.3 Å². The Bertz CT molecular complexity index is 30.6. The maximum Gasteiger partial charge on any atom is -0.0364 e. The monoisotopic (exact) mass is 88.0 g/mol. The molecule has 0 atom stereocenters. The molecule has 0 nitrogen and oxygen atoms in total. The van der Waals surface area contributed by atoms with Gasteiger partial charge in [-0.05, 0) is 11.8 Å². The van der Waals surface area contributed by atoms with E-state index in [0.717, 1.165) is 6.42 Å². The quantitative estimate of drug-likeness (QED) is 0.464. The summed E-state index contributed by atoms with van der Waals surface area (Å²) in [4.78, 5) is 0. The van der Waals surface area contributed by atoms with Crippen molar-refractivity contribution < 1.29 is 0 Å². The summed E-state index contributed by atoms with van der Waals surface area (Å²) in [6.07, 6.45) is 3.08. The summed E-state index contributed by atoms with van der Waals surface area (Å²) < 4.78 is 0. The number of allylic oxidation sites excluding steroid dienone is 1. The first-order valence-corrected chi connectivity index (χ1v) is 2.22. The van der Waals surface area contributed by atoms with E-state index < -0.39 is 0 Å². The predicted octanol–water partition coefficient (Wildman–Crippen LogP) is 1.84. The largest absolute Gasteiger partial charge is 0.152 e. The van der Waals surface area contributed by atoms with E-state index >= 15 is 0 Å². The van der Waals surface area contributed by atoms with Crippen molar-refractivity contribution in [2.45, 2.75) is 13.3 Å². The lowest BCUT2D eigenvalue weighted by Crippen LogP contribution is -1.41. The second-order valence-corrected chi connectivity index (χ2v) is 1.09. The number of thiol groups is 1. The van der Waals surface area contributed by atoms with Crippen LogP contribution in [0.15, 0.2) is 11.5 Å². The second-order valence-electron chi connectivity index (χ2n) is 0.793. The van der Waals surface area contributed by atoms with Crippen molar-refractivity contribution in [3.63, 3.8) is 0 Å². The van der Waals surface area contributed by atoms with Gasteiger partial charge in [-0.15, -0.1) is 0 Å². The average molecular weight is 88.2 g/mol. The van der Waals surface area contributed by atoms with Crippen LogP contribution in [0.4, 0.5) is 0 Å². The molecule has 0 aliphatic carbocycles. The van der Waals surface area contributed by atoms with Gasteiger partial charge in [0.05, 0.1) is 0 Å². The highest BCUT2D eigenvalue weighted by molar-refractivity contribution is 7.83. The molecule has 0 heterocycles. The minimum atomic E-state index is 1.09. The van der Waals surface area contributed by atoms with Crippen LogP contribution >= 0.6 is 12.6 Å². The average Bonchev–Trinajstić information content (AvgIpc) is 1.41. The third kappa shape index (κ3) is 4.09. The molecule has 30 valence electrons. The minimum absolute atomic E-state index is 1.09. The molecule has 0 unspecified atom stereocenters. The maximum atomic E-state index is 3.82. The third-order valence-corrected chi connectivity index (χ3v) is 0.552. The number of rotatable bonds is 1. The molecule has 0 N–H and O–H groups in total. The molecular formula is C4H8S. The molecule has 0 aromatic rings. The molecule has 0 saturated carbocycles. The van der Waals surface area contributed by atoms with Gasteiger partial charge in [-0.1, -0.05) is 13.0 Å². The first kappa shape index (κ1) is 5.09. The molecule has 5 heavy (non-hydrogen) atoms. The highest BCUT2D eigenvalue weighted by Gasteiger charge is 1.52. The highest BCUT2D eigenvalue weighted by atomic mass is 32.1. The Balaban J connectivity index is 2.62. The van der Waals surface area contributed by atoms with Gasteiger partial charge in [0.15, 0.2) is 0 Å². The highest BCUT2D eigenvalue weighted by Crippen LogP contribution is 1.79. The van der Waals surface area contributed by atoms with E-state index in [2.05, 4.69) is 19.6 Å². The summed E-state index contributed by atoms with van der Waals surface area (Å²) in [5.74, 6) is 0. The molecule has 0 spiro atoms. The van der Waals surface area contributed by atoms with Gasteiger partial charge in [0.25, 0.3) is 0 Å². The SMILES string of the molecule is CCC=CS. The Morgan fingerprint density at radius 2 is 2.40 bits per heavy atom. The van der Waals surface area contributed by atoms with Crippen molar-refractivity contribution in [1.82, 2.24) is 0 Å². The van der Waals surface area contributed by atoms with Crippen LogP contribution in [0.2, 0.25) is 0 Å². The Kier molecular flexibility index (Phi) is 4.16. The smallest absolute Gasteiger partial charge is 0.0364 e. The van der Waals surface area contributed by atoms with Gasteiger partial charge in [0, 0.05) is 0 Å². The van der Waals surface area contributed by atoms with Crippen LogP contribution < -0.4 is 0 Å². The summed E-state index contributed by atoms with van der Waals surface area (Å²) in [6.45, 7) is 2.08. The maximum absolute atomic E-state index is 3.82. The van der Waals surface area contributed by atoms with E-state index in [-0.39, 0.29) is 0 Å². The van der Waals surface area contributed by atoms with Crippen LogP contribution in [0, 0.1) is 0 Å². The van der Waals surface area contributed by atoms with E-state index in [4.69, 9.17) is 0 Å². The molecular weight excluding hydrogens is 80.1 g/mol. The van der Waals surface area contributed by atoms with Crippen molar-refractivity contribution in [2.24, 2.45) is 0 Å². The fourth-order valence-corrected chi connectivity index (χ4v) is 0.316. The Morgan fingerprint density at radius 3 is 2.40 bits per heavy atom. The summed E-state index contributed by atoms with van der Waals surface area (Å²) in [5, 5.41) is 1.75. The van der Waals surface area contributed by atoms with Gasteiger partial charge < -0.3 is 0 Å². The van der Waals surface area contributed by atoms with Crippen LogP contribution in [0.25, 0.3) is 0 Å². The van der Waals surface area contributed by atoms with E-state index in [0.29, 0.717) is 0 Å². The molecule has 0 rings (SSSR count). The standard InChI is InChI=1S/C4H8S/c1-2-3-4-5/h3-5H,2H2,1H3. The molecule has 0 radical (unpaired) electrons. The van der Waals surface area contributed by atoms with Gasteiger partial charge in [0.2, 0.25) is 0 Å². The first-order chi connectivity index (χ1) is 2.41. The van der Waals surface area contributed by atoms with Gasteiger partial charge in [-0.25, -0.2) is 0 Å². The van der Waals surface area contributed by atoms with Crippen molar-refractivity contribution in [1.29, 1.82) is 0 Å². The fourth-order valence-electron chi connectivity index (χ4n) is 0.105. The lowest BCUT2D eigenvalue weighted by Gasteiger charge is -1.64. The van der Waals surface area contributed by atoms with Gasteiger partial charge in [-0.2, -0.15) is 12.6 Å². The first-order valence-electron chi connectivity index (χ1n) is 1.71. The number of hydrogen-bond donors (Lipinski definition) is 1. The molecule has 1 heteroatoms. The molecule has 0 aromatic heterocycles. The van der Waals surface area contributed by atoms with Gasteiger partial charge in [0.1, 0.15) is 0 Å². The molecule has 0 bridgehead atoms. The molecule has 0 fully saturated rings. The minimum Gasteiger partial charge on any atom is -0.152 e. The fraction of sp³-hybridized carbons (Fsp3) is 0.500. The molecule has 0 aromatic carbocycles. The molecule has 0 aliphatic heterocycles. The van der Waals surface area contributed by atoms with Gasteiger partial charge in [-0.3, -0.25) is 0 Å². The van der Waals surface area contributed by atoms with Crippen LogP contribution in [-0.2, 0) is 0 Å². The van der Waals surface area contributed by atoms with Crippen LogP contribution in [-0.4, -0.2) is 0 Å². The van der Waals surface area contributed by atoms with Crippen molar-refractivity contribution in [2.75, 3.05) is 0 Å². The second kappa shape index (κ2) is 4.09. The van der Waals surface area contributed by atoms with Crippen molar-refractivity contribution in [3.05, 3.63) is 11.5 Å². The third-order valence-electron chi connectivity index (χ3n) is 0.341. The lowest BCUT2D eigenvalue weighted by molar-refractivity contribution is 1.23. The van der Waals surface area contributed by atoms with Crippen LogP contribution in [0.1, 0.15) is 13.3 Å². The number of hydrogen-bond acceptors (Lipinski definition) is 1. The van der Waals surface area contributed by atoms with Crippen molar-refractivity contribution >= 4 is 12.6 Å². The van der Waals surface area contributed by atoms with Gasteiger partial charge >= 0.3 is 0 Å². The van der Waals surface area contributed by atoms with Crippen LogP contribution in [0.5, 0.6) is 0 Å². The van der Waals surface area contributed by atoms with Crippen LogP contribution in [0.3, 0.4) is 0 Å². The summed E-state index contributed by atoms with van der Waals surface area (Å²) in [7, 11) is 0. The Hall–Kier alpha value is 0.0900. The zero-order chi connectivity index (χ0) is 4.12. The normalized spacial score (nSPS) is 10.0. The summed E-state index contributed by atoms with van der Waals surface area (Å²) >= 11 is 3.82. The lowest BCUT2D eigenvalue weighted by atomic mass is 10.5. The van der Waals surface area contributed by atoms with E-state index in [9.17, 15) is 0 Å². The topological polar surface area (TPSA) is 0 Å². The summed E-state index contributed by atoms with van der Waals surface area (Å²) in [6, 6.07) is 0. The molecule has 0 amide bonds. The predicted molar refractivity (Wildman–Crippen MR) is 28.4 cm³/mol. The molecule has 0 saturated heterocycles. The van der Waals surface area contributed by atoms with E-state index in [1.54, 1.807) is 5.41 Å².